The van der Waals surface area contributed by atoms with Gasteiger partial charge in [-0.3, -0.25) is 0 Å². The van der Waals surface area contributed by atoms with Gasteiger partial charge in [0.05, 0.1) is 0 Å². The van der Waals surface area contributed by atoms with Gasteiger partial charge in [0, 0.05) is 12.2 Å². The van der Waals surface area contributed by atoms with E-state index in [0.717, 1.165) is 6.42 Å². The van der Waals surface area contributed by atoms with Crippen LogP contribution in [0.15, 0.2) is 22.9 Å². The first-order valence-corrected chi connectivity index (χ1v) is 7.32. The lowest BCUT2D eigenvalue weighted by molar-refractivity contribution is 0.470. The average Bonchev–Trinajstić information content (AvgIpc) is 2.34. The van der Waals surface area contributed by atoms with Crippen molar-refractivity contribution in [2.45, 2.75) is 72.8 Å². The van der Waals surface area contributed by atoms with Crippen LogP contribution in [-0.2, 0) is 0 Å². The summed E-state index contributed by atoms with van der Waals surface area (Å²) in [6, 6.07) is 0.558. The largest absolute Gasteiger partial charge is 0.384 e. The third-order valence-corrected chi connectivity index (χ3v) is 3.80. The molecule has 0 saturated heterocycles. The molecule has 0 spiro atoms. The fourth-order valence-corrected chi connectivity index (χ4v) is 2.79. The fraction of sp³-hybridized carbons (Fsp3) is 0.750. The van der Waals surface area contributed by atoms with Crippen LogP contribution in [0.4, 0.5) is 0 Å². The van der Waals surface area contributed by atoms with Crippen molar-refractivity contribution in [2.24, 2.45) is 5.92 Å². The lowest BCUT2D eigenvalue weighted by Crippen LogP contribution is -2.35. The van der Waals surface area contributed by atoms with Gasteiger partial charge in [0.25, 0.3) is 0 Å². The van der Waals surface area contributed by atoms with Crippen molar-refractivity contribution in [2.75, 3.05) is 0 Å². The molecule has 1 N–H and O–H groups in total. The number of dihydropyridines is 1. The molecule has 0 aromatic carbocycles. The minimum Gasteiger partial charge on any atom is -0.384 e. The first-order valence-electron chi connectivity index (χ1n) is 7.32. The maximum absolute atomic E-state index is 3.61. The Morgan fingerprint density at radius 3 is 2.35 bits per heavy atom. The Labute approximate surface area is 107 Å². The Morgan fingerprint density at radius 1 is 1.18 bits per heavy atom. The zero-order chi connectivity index (χ0) is 12.8. The molecule has 1 atom stereocenters. The summed E-state index contributed by atoms with van der Waals surface area (Å²) >= 11 is 0. The molecule has 1 rings (SSSR count). The zero-order valence-corrected chi connectivity index (χ0v) is 12.3. The van der Waals surface area contributed by atoms with Crippen LogP contribution in [0.1, 0.15) is 66.7 Å². The van der Waals surface area contributed by atoms with Gasteiger partial charge in [0.1, 0.15) is 0 Å². The molecule has 1 unspecified atom stereocenters. The molecule has 1 nitrogen and oxygen atoms in total. The fourth-order valence-electron chi connectivity index (χ4n) is 2.79. The number of hydrogen-bond donors (Lipinski definition) is 1. The van der Waals surface area contributed by atoms with Crippen molar-refractivity contribution in [3.8, 4) is 0 Å². The molecule has 0 saturated carbocycles. The number of rotatable bonds is 6. The number of unbranched alkanes of at least 4 members (excludes halogenated alkanes) is 1. The third kappa shape index (κ3) is 3.37. The maximum Gasteiger partial charge on any atom is 0.0496 e. The SMILES string of the molecule is CCCCC1=C(CC)C(C(C)C)NC=C1CC. The van der Waals surface area contributed by atoms with Crippen LogP contribution < -0.4 is 5.32 Å². The van der Waals surface area contributed by atoms with E-state index in [2.05, 4.69) is 46.1 Å². The van der Waals surface area contributed by atoms with E-state index in [1.165, 1.54) is 31.3 Å². The molecule has 17 heavy (non-hydrogen) atoms. The molecule has 0 radical (unpaired) electrons. The second-order valence-corrected chi connectivity index (χ2v) is 5.37. The highest BCUT2D eigenvalue weighted by Crippen LogP contribution is 2.32. The molecule has 0 aromatic rings. The summed E-state index contributed by atoms with van der Waals surface area (Å²) in [5.41, 5.74) is 4.86. The quantitative estimate of drug-likeness (QED) is 0.697. The summed E-state index contributed by atoms with van der Waals surface area (Å²) in [5.74, 6) is 0.677. The summed E-state index contributed by atoms with van der Waals surface area (Å²) in [7, 11) is 0. The van der Waals surface area contributed by atoms with Gasteiger partial charge in [-0.25, -0.2) is 0 Å². The Bertz CT molecular complexity index is 297. The minimum absolute atomic E-state index is 0.558. The number of hydrogen-bond acceptors (Lipinski definition) is 1. The Morgan fingerprint density at radius 2 is 1.88 bits per heavy atom. The molecule has 1 heterocycles. The van der Waals surface area contributed by atoms with Gasteiger partial charge in [-0.2, -0.15) is 0 Å². The highest BCUT2D eigenvalue weighted by molar-refractivity contribution is 5.40. The lowest BCUT2D eigenvalue weighted by atomic mass is 9.82. The molecule has 0 fully saturated rings. The number of allylic oxidation sites excluding steroid dienone is 2. The van der Waals surface area contributed by atoms with E-state index in [0.29, 0.717) is 12.0 Å². The first-order chi connectivity index (χ1) is 8.15. The topological polar surface area (TPSA) is 12.0 Å². The predicted molar refractivity (Wildman–Crippen MR) is 77.0 cm³/mol. The zero-order valence-electron chi connectivity index (χ0n) is 12.3. The first kappa shape index (κ1) is 14.3. The van der Waals surface area contributed by atoms with Crippen molar-refractivity contribution in [1.82, 2.24) is 5.32 Å². The van der Waals surface area contributed by atoms with Crippen LogP contribution in [0.3, 0.4) is 0 Å². The van der Waals surface area contributed by atoms with Gasteiger partial charge in [-0.15, -0.1) is 0 Å². The molecule has 0 aliphatic carbocycles. The van der Waals surface area contributed by atoms with Crippen LogP contribution in [-0.4, -0.2) is 6.04 Å². The summed E-state index contributed by atoms with van der Waals surface area (Å²) < 4.78 is 0. The second kappa shape index (κ2) is 6.88. The van der Waals surface area contributed by atoms with E-state index in [9.17, 15) is 0 Å². The Balaban J connectivity index is 3.00. The van der Waals surface area contributed by atoms with Crippen LogP contribution in [0.5, 0.6) is 0 Å². The van der Waals surface area contributed by atoms with Gasteiger partial charge < -0.3 is 5.32 Å². The minimum atomic E-state index is 0.558. The van der Waals surface area contributed by atoms with Gasteiger partial charge >= 0.3 is 0 Å². The van der Waals surface area contributed by atoms with Crippen LogP contribution in [0.25, 0.3) is 0 Å². The Hall–Kier alpha value is -0.720. The predicted octanol–water partition coefficient (Wildman–Crippen LogP) is 4.80. The average molecular weight is 235 g/mol. The summed E-state index contributed by atoms with van der Waals surface area (Å²) in [6.45, 7) is 11.5. The molecule has 1 aliphatic heterocycles. The summed E-state index contributed by atoms with van der Waals surface area (Å²) in [5, 5.41) is 3.61. The molecule has 1 heteroatoms. The van der Waals surface area contributed by atoms with Gasteiger partial charge in [-0.05, 0) is 48.3 Å². The van der Waals surface area contributed by atoms with E-state index in [1.54, 1.807) is 11.1 Å². The van der Waals surface area contributed by atoms with Crippen molar-refractivity contribution in [3.63, 3.8) is 0 Å². The van der Waals surface area contributed by atoms with Crippen molar-refractivity contribution < 1.29 is 0 Å². The standard InChI is InChI=1S/C16H29N/c1-6-9-10-15-13(7-2)11-17-16(12(4)5)14(15)8-3/h11-12,16-17H,6-10H2,1-5H3. The van der Waals surface area contributed by atoms with Gasteiger partial charge in [0.15, 0.2) is 0 Å². The van der Waals surface area contributed by atoms with Gasteiger partial charge in [0.2, 0.25) is 0 Å². The van der Waals surface area contributed by atoms with Crippen molar-refractivity contribution >= 4 is 0 Å². The molecule has 0 aromatic heterocycles. The van der Waals surface area contributed by atoms with Crippen molar-refractivity contribution in [3.05, 3.63) is 22.9 Å². The molecular weight excluding hydrogens is 206 g/mol. The van der Waals surface area contributed by atoms with Crippen LogP contribution in [0.2, 0.25) is 0 Å². The van der Waals surface area contributed by atoms with E-state index >= 15 is 0 Å². The highest BCUT2D eigenvalue weighted by Gasteiger charge is 2.23. The Kier molecular flexibility index (Phi) is 5.80. The van der Waals surface area contributed by atoms with E-state index < -0.39 is 0 Å². The van der Waals surface area contributed by atoms with Crippen LogP contribution in [0, 0.1) is 5.92 Å². The molecule has 0 amide bonds. The summed E-state index contributed by atoms with van der Waals surface area (Å²) in [4.78, 5) is 0. The smallest absolute Gasteiger partial charge is 0.0496 e. The molecular formula is C16H29N. The van der Waals surface area contributed by atoms with Crippen molar-refractivity contribution in [1.29, 1.82) is 0 Å². The summed E-state index contributed by atoms with van der Waals surface area (Å²) in [6.07, 6.45) is 8.49. The van der Waals surface area contributed by atoms with E-state index in [1.807, 2.05) is 0 Å². The number of nitrogens with one attached hydrogen (secondary N) is 1. The van der Waals surface area contributed by atoms with Gasteiger partial charge in [-0.1, -0.05) is 41.0 Å². The van der Waals surface area contributed by atoms with E-state index in [4.69, 9.17) is 0 Å². The second-order valence-electron chi connectivity index (χ2n) is 5.37. The monoisotopic (exact) mass is 235 g/mol. The normalized spacial score (nSPS) is 20.6. The molecule has 1 aliphatic rings. The van der Waals surface area contributed by atoms with E-state index in [-0.39, 0.29) is 0 Å². The lowest BCUT2D eigenvalue weighted by Gasteiger charge is -2.32. The van der Waals surface area contributed by atoms with Crippen LogP contribution >= 0.6 is 0 Å². The highest BCUT2D eigenvalue weighted by atomic mass is 14.9. The molecule has 0 bridgehead atoms. The maximum atomic E-state index is 3.61. The third-order valence-electron chi connectivity index (χ3n) is 3.80. The molecule has 98 valence electrons.